The Morgan fingerprint density at radius 1 is 1.10 bits per heavy atom. The molecular weight excluding hydrogens is 376 g/mol. The Morgan fingerprint density at radius 3 is 2.47 bits per heavy atom. The van der Waals surface area contributed by atoms with E-state index >= 15 is 0 Å². The van der Waals surface area contributed by atoms with Crippen LogP contribution in [0.2, 0.25) is 0 Å². The summed E-state index contributed by atoms with van der Waals surface area (Å²) < 4.78 is 5.67. The molecule has 0 fully saturated rings. The Kier molecular flexibility index (Phi) is 5.33. The summed E-state index contributed by atoms with van der Waals surface area (Å²) in [7, 11) is 0. The van der Waals surface area contributed by atoms with Crippen molar-refractivity contribution in [2.45, 2.75) is 26.5 Å². The predicted octanol–water partition coefficient (Wildman–Crippen LogP) is 4.50. The molecule has 1 atom stereocenters. The van der Waals surface area contributed by atoms with E-state index in [0.717, 1.165) is 40.2 Å². The fourth-order valence-corrected chi connectivity index (χ4v) is 3.35. The third kappa shape index (κ3) is 4.24. The number of benzene rings is 2. The van der Waals surface area contributed by atoms with Crippen LogP contribution < -0.4 is 16.4 Å². The van der Waals surface area contributed by atoms with Crippen molar-refractivity contribution in [3.63, 3.8) is 0 Å². The van der Waals surface area contributed by atoms with Crippen LogP contribution in [0.1, 0.15) is 28.7 Å². The van der Waals surface area contributed by atoms with Crippen molar-refractivity contribution in [3.8, 4) is 6.07 Å². The number of rotatable bonds is 5. The van der Waals surface area contributed by atoms with Crippen LogP contribution in [0.4, 0.5) is 23.1 Å². The smallest absolute Gasteiger partial charge is 0.229 e. The van der Waals surface area contributed by atoms with E-state index in [1.54, 1.807) is 18.3 Å². The van der Waals surface area contributed by atoms with Crippen LogP contribution in [0.3, 0.4) is 0 Å². The molecule has 0 saturated heterocycles. The first-order chi connectivity index (χ1) is 14.5. The summed E-state index contributed by atoms with van der Waals surface area (Å²) in [5.41, 5.74) is 11.4. The summed E-state index contributed by atoms with van der Waals surface area (Å²) in [5, 5.41) is 15.5. The van der Waals surface area contributed by atoms with Crippen molar-refractivity contribution in [2.24, 2.45) is 5.73 Å². The lowest BCUT2D eigenvalue weighted by Crippen LogP contribution is -2.17. The fraction of sp³-hybridized carbons (Fsp3) is 0.174. The van der Waals surface area contributed by atoms with Gasteiger partial charge in [0.1, 0.15) is 11.6 Å². The van der Waals surface area contributed by atoms with Crippen molar-refractivity contribution < 1.29 is 4.74 Å². The van der Waals surface area contributed by atoms with Crippen LogP contribution in [0.5, 0.6) is 0 Å². The topological polar surface area (TPSA) is 109 Å². The Labute approximate surface area is 175 Å². The van der Waals surface area contributed by atoms with E-state index < -0.39 is 0 Å². The van der Waals surface area contributed by atoms with Gasteiger partial charge in [-0.15, -0.1) is 0 Å². The summed E-state index contributed by atoms with van der Waals surface area (Å²) >= 11 is 0. The number of anilines is 4. The highest BCUT2D eigenvalue weighted by Gasteiger charge is 2.17. The van der Waals surface area contributed by atoms with E-state index in [0.29, 0.717) is 17.3 Å². The number of nitrogens with zero attached hydrogens (tertiary/aromatic N) is 3. The third-order valence-corrected chi connectivity index (χ3v) is 4.81. The molecule has 0 spiro atoms. The maximum atomic E-state index is 8.91. The van der Waals surface area contributed by atoms with Crippen molar-refractivity contribution in [2.75, 3.05) is 10.6 Å². The highest BCUT2D eigenvalue weighted by Crippen LogP contribution is 2.31. The molecule has 30 heavy (non-hydrogen) atoms. The lowest BCUT2D eigenvalue weighted by Gasteiger charge is -2.16. The molecule has 1 aliphatic rings. The molecule has 0 radical (unpaired) electrons. The molecule has 4 rings (SSSR count). The quantitative estimate of drug-likeness (QED) is 0.580. The van der Waals surface area contributed by atoms with Gasteiger partial charge in [-0.05, 0) is 73.5 Å². The van der Waals surface area contributed by atoms with Gasteiger partial charge in [0.15, 0.2) is 6.23 Å². The van der Waals surface area contributed by atoms with Gasteiger partial charge < -0.3 is 15.4 Å². The van der Waals surface area contributed by atoms with Gasteiger partial charge in [-0.3, -0.25) is 5.73 Å². The molecular formula is C23H22N6O. The van der Waals surface area contributed by atoms with Crippen molar-refractivity contribution >= 4 is 28.9 Å². The molecule has 1 aliphatic heterocycles. The molecule has 0 amide bonds. The summed E-state index contributed by atoms with van der Waals surface area (Å²) in [5.74, 6) is 1.98. The van der Waals surface area contributed by atoms with Gasteiger partial charge in [-0.2, -0.15) is 10.2 Å². The van der Waals surface area contributed by atoms with Gasteiger partial charge in [0.25, 0.3) is 0 Å². The summed E-state index contributed by atoms with van der Waals surface area (Å²) in [6.07, 6.45) is 4.18. The van der Waals surface area contributed by atoms with E-state index in [1.807, 2.05) is 38.1 Å². The molecule has 2 heterocycles. The molecule has 3 aromatic rings. The van der Waals surface area contributed by atoms with Crippen LogP contribution in [0.25, 0.3) is 5.76 Å². The normalized spacial score (nSPS) is 15.1. The Hall–Kier alpha value is -3.89. The molecule has 1 unspecified atom stereocenters. The number of ether oxygens (including phenoxy) is 1. The second-order valence-electron chi connectivity index (χ2n) is 7.15. The minimum absolute atomic E-state index is 0.263. The number of hydrogen-bond donors (Lipinski definition) is 3. The monoisotopic (exact) mass is 398 g/mol. The first-order valence-electron chi connectivity index (χ1n) is 9.63. The Balaban J connectivity index is 1.53. The average molecular weight is 398 g/mol. The lowest BCUT2D eigenvalue weighted by molar-refractivity contribution is 0.198. The molecule has 2 aromatic carbocycles. The molecule has 0 bridgehead atoms. The first kappa shape index (κ1) is 19.4. The second kappa shape index (κ2) is 8.23. The zero-order valence-corrected chi connectivity index (χ0v) is 16.8. The van der Waals surface area contributed by atoms with E-state index in [4.69, 9.17) is 15.7 Å². The van der Waals surface area contributed by atoms with Gasteiger partial charge >= 0.3 is 0 Å². The highest BCUT2D eigenvalue weighted by atomic mass is 16.5. The minimum Gasteiger partial charge on any atom is -0.475 e. The lowest BCUT2D eigenvalue weighted by atomic mass is 10.0. The average Bonchev–Trinajstić information content (AvgIpc) is 3.18. The zero-order valence-electron chi connectivity index (χ0n) is 16.8. The number of aromatic nitrogens is 2. The van der Waals surface area contributed by atoms with Crippen LogP contribution in [0, 0.1) is 25.2 Å². The van der Waals surface area contributed by atoms with E-state index in [1.165, 1.54) is 0 Å². The van der Waals surface area contributed by atoms with E-state index in [9.17, 15) is 0 Å². The van der Waals surface area contributed by atoms with Gasteiger partial charge in [-0.1, -0.05) is 0 Å². The second-order valence-corrected chi connectivity index (χ2v) is 7.15. The van der Waals surface area contributed by atoms with Crippen LogP contribution in [0.15, 0.2) is 54.7 Å². The number of nitriles is 1. The number of aryl methyl sites for hydroxylation is 2. The molecule has 4 N–H and O–H groups in total. The maximum Gasteiger partial charge on any atom is 0.229 e. The van der Waals surface area contributed by atoms with E-state index in [2.05, 4.69) is 38.8 Å². The van der Waals surface area contributed by atoms with Crippen molar-refractivity contribution in [1.29, 1.82) is 5.26 Å². The van der Waals surface area contributed by atoms with Gasteiger partial charge in [-0.25, -0.2) is 4.98 Å². The fourth-order valence-electron chi connectivity index (χ4n) is 3.35. The largest absolute Gasteiger partial charge is 0.475 e. The van der Waals surface area contributed by atoms with Crippen molar-refractivity contribution in [3.05, 3.63) is 77.0 Å². The molecule has 7 heteroatoms. The Bertz CT molecular complexity index is 1120. The van der Waals surface area contributed by atoms with Crippen LogP contribution in [-0.2, 0) is 4.74 Å². The number of hydrogen-bond acceptors (Lipinski definition) is 7. The van der Waals surface area contributed by atoms with E-state index in [-0.39, 0.29) is 6.23 Å². The highest BCUT2D eigenvalue weighted by molar-refractivity contribution is 5.72. The van der Waals surface area contributed by atoms with Crippen LogP contribution in [-0.4, -0.2) is 16.2 Å². The number of nitrogens with one attached hydrogen (secondary N) is 2. The number of nitrogens with two attached hydrogens (primary N) is 1. The summed E-state index contributed by atoms with van der Waals surface area (Å²) in [6.45, 7) is 4.09. The maximum absolute atomic E-state index is 8.91. The summed E-state index contributed by atoms with van der Waals surface area (Å²) in [4.78, 5) is 8.82. The van der Waals surface area contributed by atoms with Gasteiger partial charge in [0.05, 0.1) is 11.6 Å². The zero-order chi connectivity index (χ0) is 21.1. The molecule has 1 aromatic heterocycles. The molecule has 0 aliphatic carbocycles. The van der Waals surface area contributed by atoms with Gasteiger partial charge in [0, 0.05) is 29.6 Å². The van der Waals surface area contributed by atoms with Crippen LogP contribution >= 0.6 is 0 Å². The molecule has 0 saturated carbocycles. The Morgan fingerprint density at radius 2 is 1.83 bits per heavy atom. The standard InChI is InChI=1S/C23H22N6O/c1-14-11-17(19-7-8-20(25)30-19)12-15(2)22(14)28-21-9-10-26-23(29-21)27-18-5-3-16(13-24)4-6-18/h3-7,9-12,20H,8,25H2,1-2H3,(H2,26,27,28,29). The minimum atomic E-state index is -0.263. The predicted molar refractivity (Wildman–Crippen MR) is 117 cm³/mol. The molecule has 7 nitrogen and oxygen atoms in total. The van der Waals surface area contributed by atoms with Gasteiger partial charge in [0.2, 0.25) is 5.95 Å². The summed E-state index contributed by atoms with van der Waals surface area (Å²) in [6, 6.07) is 15.2. The SMILES string of the molecule is Cc1cc(C2=CCC(N)O2)cc(C)c1Nc1ccnc(Nc2ccc(C#N)cc2)n1. The third-order valence-electron chi connectivity index (χ3n) is 4.81. The van der Waals surface area contributed by atoms with Crippen molar-refractivity contribution in [1.82, 2.24) is 9.97 Å². The first-order valence-corrected chi connectivity index (χ1v) is 9.63. The molecule has 150 valence electrons.